The summed E-state index contributed by atoms with van der Waals surface area (Å²) in [6.07, 6.45) is 0.0276. The first-order valence-electron chi connectivity index (χ1n) is 8.96. The molecule has 1 heterocycles. The molecule has 1 aromatic heterocycles. The van der Waals surface area contributed by atoms with Crippen molar-refractivity contribution in [2.24, 2.45) is 0 Å². The van der Waals surface area contributed by atoms with Gasteiger partial charge in [0.1, 0.15) is 21.8 Å². The van der Waals surface area contributed by atoms with Crippen molar-refractivity contribution in [2.75, 3.05) is 23.5 Å². The van der Waals surface area contributed by atoms with Gasteiger partial charge in [0.15, 0.2) is 9.84 Å². The molecule has 0 saturated carbocycles. The first kappa shape index (κ1) is 22.8. The second-order valence-electron chi connectivity index (χ2n) is 6.57. The fourth-order valence-corrected chi connectivity index (χ4v) is 4.74. The minimum absolute atomic E-state index is 0.0276. The highest BCUT2D eigenvalue weighted by Crippen LogP contribution is 2.23. The van der Waals surface area contributed by atoms with Gasteiger partial charge >= 0.3 is 0 Å². The van der Waals surface area contributed by atoms with Crippen molar-refractivity contribution in [3.63, 3.8) is 0 Å². The molecule has 11 heteroatoms. The van der Waals surface area contributed by atoms with Gasteiger partial charge in [0.05, 0.1) is 7.11 Å². The Morgan fingerprint density at radius 1 is 1.14 bits per heavy atom. The third kappa shape index (κ3) is 6.23. The molecule has 2 aromatic rings. The van der Waals surface area contributed by atoms with E-state index in [4.69, 9.17) is 4.74 Å². The number of nitrogens with one attached hydrogen (secondary N) is 2. The molecule has 0 aliphatic heterocycles. The molecule has 0 spiro atoms. The molecule has 29 heavy (non-hydrogen) atoms. The molecule has 9 nitrogen and oxygen atoms in total. The fraction of sp³-hybridized carbons (Fsp3) is 0.444. The zero-order valence-electron chi connectivity index (χ0n) is 16.6. The number of sulfone groups is 1. The average Bonchev–Trinajstić information content (AvgIpc) is 3.10. The number of carbonyl (C=O) groups excluding carboxylic acids is 2. The van der Waals surface area contributed by atoms with Crippen LogP contribution in [-0.4, -0.2) is 48.5 Å². The van der Waals surface area contributed by atoms with Gasteiger partial charge in [-0.3, -0.25) is 14.9 Å². The molecule has 158 valence electrons. The van der Waals surface area contributed by atoms with Gasteiger partial charge in [-0.05, 0) is 30.7 Å². The summed E-state index contributed by atoms with van der Waals surface area (Å²) < 4.78 is 30.3. The topological polar surface area (TPSA) is 127 Å². The molecule has 1 unspecified atom stereocenters. The van der Waals surface area contributed by atoms with Crippen LogP contribution in [0.1, 0.15) is 38.1 Å². The first-order valence-corrected chi connectivity index (χ1v) is 11.5. The Kier molecular flexibility index (Phi) is 7.68. The van der Waals surface area contributed by atoms with Crippen LogP contribution in [0.15, 0.2) is 24.3 Å². The van der Waals surface area contributed by atoms with Crippen LogP contribution in [0.3, 0.4) is 0 Å². The molecule has 0 saturated heterocycles. The maximum atomic E-state index is 12.6. The highest BCUT2D eigenvalue weighted by atomic mass is 32.2. The number of hydrogen-bond acceptors (Lipinski definition) is 8. The third-order valence-electron chi connectivity index (χ3n) is 3.97. The lowest BCUT2D eigenvalue weighted by Crippen LogP contribution is -2.39. The minimum atomic E-state index is -4.03. The van der Waals surface area contributed by atoms with E-state index in [1.165, 1.54) is 18.4 Å². The summed E-state index contributed by atoms with van der Waals surface area (Å²) in [6, 6.07) is 6.46. The van der Waals surface area contributed by atoms with E-state index < -0.39 is 32.7 Å². The van der Waals surface area contributed by atoms with E-state index in [1.807, 2.05) is 13.8 Å². The zero-order valence-corrected chi connectivity index (χ0v) is 18.3. The maximum absolute atomic E-state index is 12.6. The Bertz CT molecular complexity index is 955. The van der Waals surface area contributed by atoms with Crippen LogP contribution in [0.5, 0.6) is 5.75 Å². The maximum Gasteiger partial charge on any atom is 0.244 e. The van der Waals surface area contributed by atoms with E-state index in [-0.39, 0.29) is 17.5 Å². The van der Waals surface area contributed by atoms with Gasteiger partial charge in [0.25, 0.3) is 0 Å². The van der Waals surface area contributed by atoms with Crippen molar-refractivity contribution in [2.45, 2.75) is 38.4 Å². The highest BCUT2D eigenvalue weighted by Gasteiger charge is 2.33. The number of nitrogens with zero attached hydrogens (tertiary/aromatic N) is 2. The smallest absolute Gasteiger partial charge is 0.244 e. The fourth-order valence-electron chi connectivity index (χ4n) is 2.46. The molecule has 2 amide bonds. The number of anilines is 2. The molecule has 0 aliphatic carbocycles. The molecule has 0 radical (unpaired) electrons. The van der Waals surface area contributed by atoms with E-state index in [1.54, 1.807) is 31.2 Å². The summed E-state index contributed by atoms with van der Waals surface area (Å²) in [5.41, 5.74) is 0.429. The summed E-state index contributed by atoms with van der Waals surface area (Å²) in [5.74, 6) is -1.50. The average molecular weight is 441 g/mol. The SMILES string of the molecule is CCC(C(=O)Nc1nnc(C(C)C)s1)S(=O)(=O)CC(=O)Nc1ccc(OC)cc1. The normalized spacial score (nSPS) is 12.4. The van der Waals surface area contributed by atoms with Crippen molar-refractivity contribution in [3.05, 3.63) is 29.3 Å². The van der Waals surface area contributed by atoms with E-state index in [9.17, 15) is 18.0 Å². The molecule has 0 aliphatic rings. The lowest BCUT2D eigenvalue weighted by Gasteiger charge is -2.15. The van der Waals surface area contributed by atoms with E-state index in [0.717, 1.165) is 5.01 Å². The van der Waals surface area contributed by atoms with E-state index in [2.05, 4.69) is 20.8 Å². The zero-order chi connectivity index (χ0) is 21.6. The Morgan fingerprint density at radius 3 is 2.31 bits per heavy atom. The number of benzene rings is 1. The predicted octanol–water partition coefficient (Wildman–Crippen LogP) is 2.44. The quantitative estimate of drug-likeness (QED) is 0.613. The van der Waals surface area contributed by atoms with Gasteiger partial charge in [-0.15, -0.1) is 10.2 Å². The molecular weight excluding hydrogens is 416 g/mol. The number of rotatable bonds is 9. The van der Waals surface area contributed by atoms with Crippen molar-refractivity contribution in [3.8, 4) is 5.75 Å². The lowest BCUT2D eigenvalue weighted by molar-refractivity contribution is -0.115. The van der Waals surface area contributed by atoms with Crippen LogP contribution in [0.2, 0.25) is 0 Å². The number of carbonyl (C=O) groups is 2. The standard InChI is InChI=1S/C18H24N4O5S2/c1-5-14(16(24)20-18-22-21-17(28-18)11(2)3)29(25,26)10-15(23)19-12-6-8-13(27-4)9-7-12/h6-9,11,14H,5,10H2,1-4H3,(H,19,23)(H,20,22,24). The summed E-state index contributed by atoms with van der Waals surface area (Å²) in [6.45, 7) is 5.45. The molecule has 0 bridgehead atoms. The van der Waals surface area contributed by atoms with E-state index >= 15 is 0 Å². The summed E-state index contributed by atoms with van der Waals surface area (Å²) in [7, 11) is -2.51. The van der Waals surface area contributed by atoms with Gasteiger partial charge in [0.2, 0.25) is 16.9 Å². The first-order chi connectivity index (χ1) is 13.7. The molecule has 2 N–H and O–H groups in total. The largest absolute Gasteiger partial charge is 0.497 e. The van der Waals surface area contributed by atoms with Crippen LogP contribution >= 0.6 is 11.3 Å². The van der Waals surface area contributed by atoms with Crippen LogP contribution in [0, 0.1) is 0 Å². The van der Waals surface area contributed by atoms with Crippen molar-refractivity contribution in [1.82, 2.24) is 10.2 Å². The van der Waals surface area contributed by atoms with Crippen molar-refractivity contribution in [1.29, 1.82) is 0 Å². The van der Waals surface area contributed by atoms with Crippen molar-refractivity contribution >= 4 is 43.8 Å². The molecule has 2 rings (SSSR count). The Hall–Kier alpha value is -2.53. The van der Waals surface area contributed by atoms with E-state index in [0.29, 0.717) is 11.4 Å². The molecule has 1 aromatic carbocycles. The number of amides is 2. The number of aromatic nitrogens is 2. The molecule has 1 atom stereocenters. The minimum Gasteiger partial charge on any atom is -0.497 e. The van der Waals surface area contributed by atoms with Gasteiger partial charge in [-0.25, -0.2) is 8.42 Å². The number of methoxy groups -OCH3 is 1. The second kappa shape index (κ2) is 9.79. The monoisotopic (exact) mass is 440 g/mol. The Morgan fingerprint density at radius 2 is 1.79 bits per heavy atom. The van der Waals surface area contributed by atoms with Crippen LogP contribution < -0.4 is 15.4 Å². The van der Waals surface area contributed by atoms with Gasteiger partial charge < -0.3 is 10.1 Å². The van der Waals surface area contributed by atoms with Crippen LogP contribution in [0.25, 0.3) is 0 Å². The Balaban J connectivity index is 2.03. The van der Waals surface area contributed by atoms with Gasteiger partial charge in [-0.2, -0.15) is 0 Å². The summed E-state index contributed by atoms with van der Waals surface area (Å²) >= 11 is 1.19. The Labute approximate surface area is 173 Å². The third-order valence-corrected chi connectivity index (χ3v) is 7.19. The van der Waals surface area contributed by atoms with Crippen LogP contribution in [-0.2, 0) is 19.4 Å². The molecule has 0 fully saturated rings. The summed E-state index contributed by atoms with van der Waals surface area (Å²) in [5, 5.41) is 12.4. The number of hydrogen-bond donors (Lipinski definition) is 2. The lowest BCUT2D eigenvalue weighted by atomic mass is 10.2. The van der Waals surface area contributed by atoms with Crippen molar-refractivity contribution < 1.29 is 22.7 Å². The van der Waals surface area contributed by atoms with Gasteiger partial charge in [0, 0.05) is 11.6 Å². The predicted molar refractivity (Wildman–Crippen MR) is 112 cm³/mol. The van der Waals surface area contributed by atoms with Crippen LogP contribution in [0.4, 0.5) is 10.8 Å². The number of ether oxygens (including phenoxy) is 1. The van der Waals surface area contributed by atoms with Gasteiger partial charge in [-0.1, -0.05) is 32.1 Å². The molecular formula is C18H24N4O5S2. The summed E-state index contributed by atoms with van der Waals surface area (Å²) in [4.78, 5) is 24.7. The highest BCUT2D eigenvalue weighted by molar-refractivity contribution is 7.93. The second-order valence-corrected chi connectivity index (χ2v) is 9.76.